The molecule has 0 saturated heterocycles. The molecule has 0 aliphatic carbocycles. The molecule has 6 heteroatoms. The topological polar surface area (TPSA) is 76.7 Å². The van der Waals surface area contributed by atoms with Crippen molar-refractivity contribution in [3.05, 3.63) is 65.7 Å². The van der Waals surface area contributed by atoms with Gasteiger partial charge in [0.1, 0.15) is 12.4 Å². The van der Waals surface area contributed by atoms with Crippen molar-refractivity contribution in [3.63, 3.8) is 0 Å². The Hall–Kier alpha value is -2.86. The number of hydrogen-bond donors (Lipinski definition) is 2. The van der Waals surface area contributed by atoms with E-state index in [9.17, 15) is 9.59 Å². The summed E-state index contributed by atoms with van der Waals surface area (Å²) in [6, 6.07) is 15.4. The van der Waals surface area contributed by atoms with E-state index >= 15 is 0 Å². The molecule has 2 rings (SSSR count). The fourth-order valence-electron chi connectivity index (χ4n) is 1.98. The van der Waals surface area contributed by atoms with Crippen molar-refractivity contribution in [2.45, 2.75) is 6.92 Å². The van der Waals surface area contributed by atoms with E-state index in [-0.39, 0.29) is 0 Å². The Balaban J connectivity index is 1.93. The van der Waals surface area contributed by atoms with Gasteiger partial charge in [0.15, 0.2) is 0 Å². The van der Waals surface area contributed by atoms with Crippen LogP contribution in [0.1, 0.15) is 27.6 Å². The molecule has 6 nitrogen and oxygen atoms in total. The van der Waals surface area contributed by atoms with Crippen molar-refractivity contribution >= 4 is 11.8 Å². The summed E-state index contributed by atoms with van der Waals surface area (Å²) in [5.74, 6) is -0.409. The van der Waals surface area contributed by atoms with Gasteiger partial charge in [-0.1, -0.05) is 30.3 Å². The molecule has 0 aliphatic rings. The molecule has 24 heavy (non-hydrogen) atoms. The maximum absolute atomic E-state index is 12.3. The van der Waals surface area contributed by atoms with Crippen LogP contribution < -0.4 is 15.6 Å². The quantitative estimate of drug-likeness (QED) is 0.603. The number of para-hydroxylation sites is 1. The van der Waals surface area contributed by atoms with E-state index in [1.807, 2.05) is 13.0 Å². The van der Waals surface area contributed by atoms with Crippen LogP contribution in [0.4, 0.5) is 0 Å². The molecule has 0 atom stereocenters. The van der Waals surface area contributed by atoms with E-state index in [1.54, 1.807) is 48.5 Å². The molecule has 2 aromatic rings. The number of nitrogens with one attached hydrogen (secondary N) is 2. The minimum absolute atomic E-state index is 0.336. The fourth-order valence-corrected chi connectivity index (χ4v) is 1.98. The number of hydrazine groups is 1. The molecular weight excluding hydrogens is 308 g/mol. The monoisotopic (exact) mass is 328 g/mol. The lowest BCUT2D eigenvalue weighted by molar-refractivity contribution is 0.0840. The van der Waals surface area contributed by atoms with E-state index in [0.29, 0.717) is 36.7 Å². The normalized spacial score (nSPS) is 10.0. The van der Waals surface area contributed by atoms with E-state index in [4.69, 9.17) is 9.47 Å². The minimum atomic E-state index is -0.453. The van der Waals surface area contributed by atoms with Gasteiger partial charge in [-0.3, -0.25) is 20.4 Å². The smallest absolute Gasteiger partial charge is 0.273 e. The SMILES string of the molecule is CCOCCOc1ccccc1C(=O)NNC(=O)c1ccccc1. The van der Waals surface area contributed by atoms with Gasteiger partial charge in [0.2, 0.25) is 0 Å². The van der Waals surface area contributed by atoms with E-state index in [1.165, 1.54) is 0 Å². The Morgan fingerprint density at radius 1 is 0.875 bits per heavy atom. The molecule has 0 spiro atoms. The molecule has 0 saturated carbocycles. The minimum Gasteiger partial charge on any atom is -0.490 e. The second kappa shape index (κ2) is 9.32. The van der Waals surface area contributed by atoms with Crippen LogP contribution in [-0.4, -0.2) is 31.6 Å². The maximum Gasteiger partial charge on any atom is 0.273 e. The number of benzene rings is 2. The summed E-state index contributed by atoms with van der Waals surface area (Å²) in [7, 11) is 0. The number of carbonyl (C=O) groups excluding carboxylic acids is 2. The van der Waals surface area contributed by atoms with Crippen molar-refractivity contribution in [1.82, 2.24) is 10.9 Å². The molecule has 0 aromatic heterocycles. The standard InChI is InChI=1S/C18H20N2O4/c1-2-23-12-13-24-16-11-7-6-10-15(16)18(22)20-19-17(21)14-8-4-3-5-9-14/h3-11H,2,12-13H2,1H3,(H,19,21)(H,20,22). The van der Waals surface area contributed by atoms with Crippen LogP contribution in [0.2, 0.25) is 0 Å². The lowest BCUT2D eigenvalue weighted by Gasteiger charge is -2.12. The van der Waals surface area contributed by atoms with Crippen LogP contribution >= 0.6 is 0 Å². The molecular formula is C18H20N2O4. The zero-order valence-corrected chi connectivity index (χ0v) is 13.5. The summed E-state index contributed by atoms with van der Waals surface area (Å²) in [5.41, 5.74) is 5.56. The van der Waals surface area contributed by atoms with Gasteiger partial charge in [0.25, 0.3) is 11.8 Å². The van der Waals surface area contributed by atoms with Crippen molar-refractivity contribution in [3.8, 4) is 5.75 Å². The molecule has 0 bridgehead atoms. The van der Waals surface area contributed by atoms with Crippen LogP contribution in [0.5, 0.6) is 5.75 Å². The number of hydrogen-bond acceptors (Lipinski definition) is 4. The molecule has 0 radical (unpaired) electrons. The Bertz CT molecular complexity index is 674. The van der Waals surface area contributed by atoms with Gasteiger partial charge >= 0.3 is 0 Å². The molecule has 126 valence electrons. The number of amides is 2. The first-order chi connectivity index (χ1) is 11.7. The third-order valence-electron chi connectivity index (χ3n) is 3.15. The molecule has 2 N–H and O–H groups in total. The lowest BCUT2D eigenvalue weighted by atomic mass is 10.2. The average Bonchev–Trinajstić information content (AvgIpc) is 2.64. The Labute approximate surface area is 140 Å². The fraction of sp³-hybridized carbons (Fsp3) is 0.222. The third kappa shape index (κ3) is 5.10. The Kier molecular flexibility index (Phi) is 6.79. The van der Waals surface area contributed by atoms with E-state index in [0.717, 1.165) is 0 Å². The highest BCUT2D eigenvalue weighted by Gasteiger charge is 2.13. The highest BCUT2D eigenvalue weighted by molar-refractivity contribution is 6.00. The van der Waals surface area contributed by atoms with E-state index in [2.05, 4.69) is 10.9 Å². The van der Waals surface area contributed by atoms with Crippen LogP contribution in [-0.2, 0) is 4.74 Å². The van der Waals surface area contributed by atoms with Crippen LogP contribution in [0.25, 0.3) is 0 Å². The van der Waals surface area contributed by atoms with Crippen LogP contribution in [0, 0.1) is 0 Å². The van der Waals surface area contributed by atoms with Gasteiger partial charge in [-0.15, -0.1) is 0 Å². The molecule has 0 unspecified atom stereocenters. The van der Waals surface area contributed by atoms with Crippen molar-refractivity contribution in [2.24, 2.45) is 0 Å². The summed E-state index contributed by atoms with van der Waals surface area (Å²) in [4.78, 5) is 24.2. The summed E-state index contributed by atoms with van der Waals surface area (Å²) >= 11 is 0. The van der Waals surface area contributed by atoms with Gasteiger partial charge in [0, 0.05) is 12.2 Å². The average molecular weight is 328 g/mol. The number of carbonyl (C=O) groups is 2. The van der Waals surface area contributed by atoms with Gasteiger partial charge in [-0.25, -0.2) is 0 Å². The predicted molar refractivity (Wildman–Crippen MR) is 89.8 cm³/mol. The largest absolute Gasteiger partial charge is 0.490 e. The van der Waals surface area contributed by atoms with Gasteiger partial charge in [-0.05, 0) is 31.2 Å². The van der Waals surface area contributed by atoms with E-state index < -0.39 is 11.8 Å². The molecule has 0 aliphatic heterocycles. The summed E-state index contributed by atoms with van der Waals surface area (Å²) in [6.07, 6.45) is 0. The molecule has 2 aromatic carbocycles. The number of ether oxygens (including phenoxy) is 2. The Morgan fingerprint density at radius 3 is 2.29 bits per heavy atom. The first-order valence-electron chi connectivity index (χ1n) is 7.67. The first kappa shape index (κ1) is 17.5. The Morgan fingerprint density at radius 2 is 1.54 bits per heavy atom. The summed E-state index contributed by atoms with van der Waals surface area (Å²) in [6.45, 7) is 3.29. The number of rotatable bonds is 7. The third-order valence-corrected chi connectivity index (χ3v) is 3.15. The predicted octanol–water partition coefficient (Wildman–Crippen LogP) is 2.18. The zero-order valence-electron chi connectivity index (χ0n) is 13.5. The molecule has 2 amide bonds. The van der Waals surface area contributed by atoms with Gasteiger partial charge in [-0.2, -0.15) is 0 Å². The summed E-state index contributed by atoms with van der Waals surface area (Å²) in [5, 5.41) is 0. The molecule has 0 heterocycles. The second-order valence-corrected chi connectivity index (χ2v) is 4.82. The highest BCUT2D eigenvalue weighted by atomic mass is 16.5. The highest BCUT2D eigenvalue weighted by Crippen LogP contribution is 2.17. The molecule has 0 fully saturated rings. The maximum atomic E-state index is 12.3. The van der Waals surface area contributed by atoms with Gasteiger partial charge in [0.05, 0.1) is 12.2 Å². The lowest BCUT2D eigenvalue weighted by Crippen LogP contribution is -2.41. The van der Waals surface area contributed by atoms with Crippen molar-refractivity contribution in [2.75, 3.05) is 19.8 Å². The first-order valence-corrected chi connectivity index (χ1v) is 7.67. The zero-order chi connectivity index (χ0) is 17.2. The van der Waals surface area contributed by atoms with Crippen molar-refractivity contribution < 1.29 is 19.1 Å². The van der Waals surface area contributed by atoms with Crippen LogP contribution in [0.15, 0.2) is 54.6 Å². The van der Waals surface area contributed by atoms with Gasteiger partial charge < -0.3 is 9.47 Å². The van der Waals surface area contributed by atoms with Crippen LogP contribution in [0.3, 0.4) is 0 Å². The summed E-state index contributed by atoms with van der Waals surface area (Å²) < 4.78 is 10.8. The second-order valence-electron chi connectivity index (χ2n) is 4.82. The van der Waals surface area contributed by atoms with Crippen molar-refractivity contribution in [1.29, 1.82) is 0 Å².